The van der Waals surface area contributed by atoms with Gasteiger partial charge in [0.25, 0.3) is 0 Å². The van der Waals surface area contributed by atoms with Crippen molar-refractivity contribution >= 4 is 29.6 Å². The fourth-order valence-corrected chi connectivity index (χ4v) is 9.20. The van der Waals surface area contributed by atoms with Crippen molar-refractivity contribution in [3.8, 4) is 0 Å². The lowest BCUT2D eigenvalue weighted by Gasteiger charge is -2.46. The Balaban J connectivity index is 1.25. The molecule has 0 aromatic rings. The second-order valence-electron chi connectivity index (χ2n) is 14.5. The van der Waals surface area contributed by atoms with Crippen molar-refractivity contribution in [1.29, 1.82) is 0 Å². The molecule has 6 heterocycles. The Hall–Kier alpha value is -1.37. The normalized spacial score (nSPS) is 38.3. The van der Waals surface area contributed by atoms with Crippen LogP contribution in [0.3, 0.4) is 0 Å². The van der Waals surface area contributed by atoms with Crippen molar-refractivity contribution in [2.45, 2.75) is 120 Å². The number of nitrogens with one attached hydrogen (secondary N) is 2. The molecule has 6 N–H and O–H groups in total. The summed E-state index contributed by atoms with van der Waals surface area (Å²) in [5.41, 5.74) is 12.6. The van der Waals surface area contributed by atoms with E-state index in [1.54, 1.807) is 6.21 Å². The van der Waals surface area contributed by atoms with Gasteiger partial charge in [0.1, 0.15) is 6.17 Å². The minimum absolute atomic E-state index is 0.0168. The van der Waals surface area contributed by atoms with Crippen LogP contribution in [0.4, 0.5) is 4.39 Å². The number of amides is 2. The zero-order chi connectivity index (χ0) is 32.1. The van der Waals surface area contributed by atoms with Crippen molar-refractivity contribution in [3.05, 3.63) is 0 Å². The molecule has 6 rings (SSSR count). The molecule has 256 valence electrons. The van der Waals surface area contributed by atoms with Crippen LogP contribution in [0.1, 0.15) is 78.1 Å². The summed E-state index contributed by atoms with van der Waals surface area (Å²) >= 11 is 6.59. The smallest absolute Gasteiger partial charge is 0.228 e. The molecule has 12 heteroatoms. The Kier molecular flexibility index (Phi) is 12.2. The highest BCUT2D eigenvalue weighted by Gasteiger charge is 2.45. The van der Waals surface area contributed by atoms with E-state index in [-0.39, 0.29) is 35.1 Å². The second kappa shape index (κ2) is 15.7. The summed E-state index contributed by atoms with van der Waals surface area (Å²) in [5.74, 6) is -0.774. The molecule has 0 radical (unpaired) electrons. The third-order valence-corrected chi connectivity index (χ3v) is 12.1. The van der Waals surface area contributed by atoms with E-state index >= 15 is 4.39 Å². The maximum atomic E-state index is 15.7. The summed E-state index contributed by atoms with van der Waals surface area (Å²) in [6, 6.07) is -0.973. The lowest BCUT2D eigenvalue weighted by molar-refractivity contribution is -0.139. The summed E-state index contributed by atoms with van der Waals surface area (Å²) in [5, 5.41) is 6.15. The monoisotopic (exact) mass is 652 g/mol. The standard InChI is InChI=1S/C33H58ClFN8O2/c1-3-10-33(4-2)11-5-23(34)19-39-26(18-33)28(30(36)37)31(44)40-27-21-38-20-25(35)29(27)42-14-6-22(7-15-42)32(45)43-17-16-41-12-8-24(43)9-13-41/h19,22-30,38H,3-18,20-21,36-37H2,1-2H3,(H,40,44)/b39-19-. The van der Waals surface area contributed by atoms with Gasteiger partial charge < -0.3 is 31.9 Å². The minimum Gasteiger partial charge on any atom is -0.350 e. The Morgan fingerprint density at radius 1 is 1.07 bits per heavy atom. The molecular weight excluding hydrogens is 595 g/mol. The van der Waals surface area contributed by atoms with Gasteiger partial charge in [0, 0.05) is 57.4 Å². The molecule has 7 unspecified atom stereocenters. The van der Waals surface area contributed by atoms with Gasteiger partial charge in [0.2, 0.25) is 11.8 Å². The number of halogens is 2. The maximum Gasteiger partial charge on any atom is 0.228 e. The molecule has 2 bridgehead atoms. The molecule has 0 aliphatic carbocycles. The number of nitrogens with zero attached hydrogens (tertiary/aromatic N) is 4. The molecule has 45 heavy (non-hydrogen) atoms. The van der Waals surface area contributed by atoms with E-state index in [1.807, 2.05) is 0 Å². The fourth-order valence-electron chi connectivity index (χ4n) is 9.03. The van der Waals surface area contributed by atoms with E-state index in [1.165, 1.54) is 0 Å². The molecule has 2 amide bonds. The van der Waals surface area contributed by atoms with E-state index in [2.05, 4.69) is 39.2 Å². The first kappa shape index (κ1) is 35.0. The third kappa shape index (κ3) is 8.20. The van der Waals surface area contributed by atoms with Gasteiger partial charge in [-0.15, -0.1) is 11.6 Å². The topological polar surface area (TPSA) is 132 Å². The van der Waals surface area contributed by atoms with Crippen molar-refractivity contribution < 1.29 is 14.0 Å². The van der Waals surface area contributed by atoms with Gasteiger partial charge in [-0.25, -0.2) is 4.39 Å². The van der Waals surface area contributed by atoms with Gasteiger partial charge in [-0.3, -0.25) is 19.5 Å². The highest BCUT2D eigenvalue weighted by atomic mass is 35.5. The molecule has 0 spiro atoms. The Morgan fingerprint density at radius 3 is 2.47 bits per heavy atom. The van der Waals surface area contributed by atoms with Gasteiger partial charge in [-0.1, -0.05) is 26.7 Å². The largest absolute Gasteiger partial charge is 0.350 e. The first-order valence-electron chi connectivity index (χ1n) is 17.7. The van der Waals surface area contributed by atoms with Gasteiger partial charge in [0.15, 0.2) is 0 Å². The number of nitrogens with two attached hydrogens (primary N) is 2. The Bertz CT molecular complexity index is 1020. The molecule has 0 aromatic heterocycles. The predicted molar refractivity (Wildman–Crippen MR) is 178 cm³/mol. The Labute approximate surface area is 274 Å². The van der Waals surface area contributed by atoms with Gasteiger partial charge in [-0.2, -0.15) is 0 Å². The van der Waals surface area contributed by atoms with Gasteiger partial charge in [0.05, 0.1) is 35.6 Å². The van der Waals surface area contributed by atoms with Crippen molar-refractivity contribution in [2.75, 3.05) is 52.4 Å². The lowest BCUT2D eigenvalue weighted by atomic mass is 9.69. The van der Waals surface area contributed by atoms with Crippen LogP contribution in [0, 0.1) is 17.3 Å². The van der Waals surface area contributed by atoms with Crippen LogP contribution in [0.15, 0.2) is 4.99 Å². The summed E-state index contributed by atoms with van der Waals surface area (Å²) < 4.78 is 15.7. The van der Waals surface area contributed by atoms with Gasteiger partial charge in [-0.05, 0) is 69.9 Å². The van der Waals surface area contributed by atoms with E-state index in [0.717, 1.165) is 77.5 Å². The number of fused-ring (bicyclic) bond motifs is 4. The van der Waals surface area contributed by atoms with Crippen LogP contribution in [0.5, 0.6) is 0 Å². The first-order chi connectivity index (χ1) is 21.6. The number of carbonyl (C=O) groups is 2. The summed E-state index contributed by atoms with van der Waals surface area (Å²) in [6.45, 7) is 10.3. The van der Waals surface area contributed by atoms with Crippen LogP contribution in [-0.4, -0.2) is 127 Å². The lowest BCUT2D eigenvalue weighted by Crippen LogP contribution is -2.67. The number of rotatable bonds is 9. The van der Waals surface area contributed by atoms with Crippen LogP contribution >= 0.6 is 11.6 Å². The highest BCUT2D eigenvalue weighted by molar-refractivity contribution is 6.28. The SMILES string of the molecule is CCCC1(CC)CCC(Cl)/C=N\C(C(C(=O)NC2CNCC(F)C2N2CCC(C(=O)N3CCN4CCC3CC4)CC2)C(N)N)C1. The van der Waals surface area contributed by atoms with Crippen molar-refractivity contribution in [2.24, 2.45) is 33.7 Å². The van der Waals surface area contributed by atoms with E-state index in [4.69, 9.17) is 28.1 Å². The summed E-state index contributed by atoms with van der Waals surface area (Å²) in [6.07, 6.45) is 8.82. The number of aliphatic imine (C=N–C) groups is 1. The number of piperidine rings is 3. The summed E-state index contributed by atoms with van der Waals surface area (Å²) in [7, 11) is 0. The van der Waals surface area contributed by atoms with E-state index in [9.17, 15) is 9.59 Å². The molecule has 5 fully saturated rings. The quantitative estimate of drug-likeness (QED) is 0.222. The number of carbonyl (C=O) groups excluding carboxylic acids is 2. The van der Waals surface area contributed by atoms with Crippen molar-refractivity contribution in [1.82, 2.24) is 25.3 Å². The number of hydrogen-bond donors (Lipinski definition) is 4. The Morgan fingerprint density at radius 2 is 1.80 bits per heavy atom. The number of alkyl halides is 2. The van der Waals surface area contributed by atoms with Crippen molar-refractivity contribution in [3.63, 3.8) is 0 Å². The highest BCUT2D eigenvalue weighted by Crippen LogP contribution is 2.42. The molecule has 7 atom stereocenters. The fraction of sp³-hybridized carbons (Fsp3) is 0.909. The van der Waals surface area contributed by atoms with E-state index in [0.29, 0.717) is 38.5 Å². The molecule has 5 saturated heterocycles. The average molecular weight is 653 g/mol. The van der Waals surface area contributed by atoms with Crippen LogP contribution in [0.25, 0.3) is 0 Å². The molecule has 0 aromatic carbocycles. The van der Waals surface area contributed by atoms with Crippen LogP contribution < -0.4 is 22.1 Å². The molecule has 0 saturated carbocycles. The number of hydrogen-bond acceptors (Lipinski definition) is 8. The van der Waals surface area contributed by atoms with Crippen LogP contribution in [-0.2, 0) is 9.59 Å². The minimum atomic E-state index is -1.15. The summed E-state index contributed by atoms with van der Waals surface area (Å²) in [4.78, 5) is 39.2. The van der Waals surface area contributed by atoms with Gasteiger partial charge >= 0.3 is 0 Å². The second-order valence-corrected chi connectivity index (χ2v) is 15.1. The molecular formula is C33H58ClFN8O2. The third-order valence-electron chi connectivity index (χ3n) is 11.7. The van der Waals surface area contributed by atoms with E-state index < -0.39 is 36.4 Å². The molecule has 10 nitrogen and oxygen atoms in total. The first-order valence-corrected chi connectivity index (χ1v) is 18.2. The molecule has 6 aliphatic rings. The maximum absolute atomic E-state index is 15.7. The predicted octanol–water partition coefficient (Wildman–Crippen LogP) is 2.09. The number of likely N-dealkylation sites (tertiary alicyclic amines) is 1. The zero-order valence-electron chi connectivity index (χ0n) is 27.5. The zero-order valence-corrected chi connectivity index (χ0v) is 28.3. The average Bonchev–Trinajstić information content (AvgIpc) is 3.35. The molecule has 6 aliphatic heterocycles. The van der Waals surface area contributed by atoms with Crippen LogP contribution in [0.2, 0.25) is 0 Å².